The maximum atomic E-state index is 13.9. The topological polar surface area (TPSA) is 145 Å². The average Bonchev–Trinajstić information content (AvgIpc) is 3.03. The van der Waals surface area contributed by atoms with Crippen LogP contribution in [0.25, 0.3) is 0 Å². The van der Waals surface area contributed by atoms with Crippen molar-refractivity contribution in [1.82, 2.24) is 14.9 Å². The Morgan fingerprint density at radius 1 is 1.07 bits per heavy atom. The number of esters is 2. The largest absolute Gasteiger partial charge is 0.491 e. The minimum atomic E-state index is -5.38. The van der Waals surface area contributed by atoms with E-state index in [1.54, 1.807) is 61.5 Å². The Morgan fingerprint density at radius 3 is 2.47 bits per heavy atom. The lowest BCUT2D eigenvalue weighted by atomic mass is 9.99. The monoisotopic (exact) mass is 599 g/mol. The summed E-state index contributed by atoms with van der Waals surface area (Å²) in [7, 11) is 1.49. The van der Waals surface area contributed by atoms with Crippen LogP contribution in [0.3, 0.4) is 0 Å². The number of hydrogen-bond donors (Lipinski definition) is 1. The van der Waals surface area contributed by atoms with E-state index in [0.717, 1.165) is 10.5 Å². The van der Waals surface area contributed by atoms with Crippen LogP contribution in [0.5, 0.6) is 5.88 Å². The summed E-state index contributed by atoms with van der Waals surface area (Å²) in [6, 6.07) is 13.5. The van der Waals surface area contributed by atoms with E-state index in [1.807, 2.05) is 0 Å². The number of nitrogens with two attached hydrogens (primary N) is 1. The molecule has 2 aromatic carbocycles. The zero-order valence-electron chi connectivity index (χ0n) is 23.3. The Kier molecular flexibility index (Phi) is 9.27. The van der Waals surface area contributed by atoms with Crippen LogP contribution in [0, 0.1) is 6.92 Å². The summed E-state index contributed by atoms with van der Waals surface area (Å²) >= 11 is 0. The highest BCUT2D eigenvalue weighted by molar-refractivity contribution is 6.09. The van der Waals surface area contributed by atoms with Gasteiger partial charge in [-0.25, -0.2) is 9.78 Å². The molecule has 1 atom stereocenters. The number of carbonyl (C=O) groups excluding carboxylic acids is 4. The first-order chi connectivity index (χ1) is 20.3. The van der Waals surface area contributed by atoms with Gasteiger partial charge >= 0.3 is 18.1 Å². The lowest BCUT2D eigenvalue weighted by Crippen LogP contribution is -2.41. The van der Waals surface area contributed by atoms with Gasteiger partial charge in [0.2, 0.25) is 17.7 Å². The summed E-state index contributed by atoms with van der Waals surface area (Å²) in [5.41, 5.74) is 7.90. The lowest BCUT2D eigenvalue weighted by molar-refractivity contribution is -0.202. The lowest BCUT2D eigenvalue weighted by Gasteiger charge is -2.30. The highest BCUT2D eigenvalue weighted by Crippen LogP contribution is 2.33. The predicted octanol–water partition coefficient (Wildman–Crippen LogP) is 3.56. The van der Waals surface area contributed by atoms with Crippen LogP contribution in [0.4, 0.5) is 24.8 Å². The van der Waals surface area contributed by atoms with Gasteiger partial charge in [0.1, 0.15) is 6.54 Å². The van der Waals surface area contributed by atoms with Crippen molar-refractivity contribution in [2.45, 2.75) is 38.4 Å². The molecule has 0 aliphatic carbocycles. The third-order valence-corrected chi connectivity index (χ3v) is 6.66. The van der Waals surface area contributed by atoms with Crippen molar-refractivity contribution in [3.63, 3.8) is 0 Å². The maximum absolute atomic E-state index is 13.9. The van der Waals surface area contributed by atoms with Crippen LogP contribution >= 0.6 is 0 Å². The van der Waals surface area contributed by atoms with E-state index in [4.69, 9.17) is 10.5 Å². The molecule has 0 saturated carbocycles. The minimum absolute atomic E-state index is 0.0940. The van der Waals surface area contributed by atoms with Crippen molar-refractivity contribution in [3.8, 4) is 5.88 Å². The maximum Gasteiger partial charge on any atom is 0.491 e. The number of carbonyl (C=O) groups is 4. The fraction of sp³-hybridized carbons (Fsp3) is 0.310. The SMILES string of the molecule is Cc1cc(OCCCc2ccc3c(c2)C(=O)N(C(CC(=O)OC(=O)C(F)(F)F)c2ccccc2)CC(=O)N3C)nc(N)n1. The number of halogens is 3. The first kappa shape index (κ1) is 30.9. The van der Waals surface area contributed by atoms with Gasteiger partial charge in [-0.3, -0.25) is 14.4 Å². The van der Waals surface area contributed by atoms with Crippen LogP contribution in [0.2, 0.25) is 0 Å². The average molecular weight is 600 g/mol. The molecule has 2 amide bonds. The third kappa shape index (κ3) is 7.64. The molecule has 0 saturated heterocycles. The Morgan fingerprint density at radius 2 is 1.79 bits per heavy atom. The minimum Gasteiger partial charge on any atom is -0.478 e. The Balaban J connectivity index is 1.57. The number of alkyl halides is 3. The number of hydrogen-bond acceptors (Lipinski definition) is 9. The number of nitrogen functional groups attached to an aromatic ring is 1. The molecule has 0 fully saturated rings. The van der Waals surface area contributed by atoms with Crippen molar-refractivity contribution in [2.75, 3.05) is 30.8 Å². The highest BCUT2D eigenvalue weighted by Gasteiger charge is 2.43. The molecule has 2 N–H and O–H groups in total. The molecule has 1 aliphatic rings. The van der Waals surface area contributed by atoms with Gasteiger partial charge in [-0.2, -0.15) is 18.2 Å². The number of likely N-dealkylation sites (N-methyl/N-ethyl adjacent to an activating group) is 1. The Labute approximate surface area is 244 Å². The molecule has 0 bridgehead atoms. The number of aromatic nitrogens is 2. The van der Waals surface area contributed by atoms with Gasteiger partial charge in [-0.05, 0) is 43.0 Å². The number of ether oxygens (including phenoxy) is 2. The Hall–Kier alpha value is -5.01. The van der Waals surface area contributed by atoms with Crippen LogP contribution < -0.4 is 15.4 Å². The normalized spacial score (nSPS) is 14.2. The van der Waals surface area contributed by atoms with Gasteiger partial charge in [0.05, 0.1) is 30.3 Å². The molecule has 11 nitrogen and oxygen atoms in total. The molecule has 226 valence electrons. The fourth-order valence-electron chi connectivity index (χ4n) is 4.60. The fourth-order valence-corrected chi connectivity index (χ4v) is 4.60. The first-order valence-corrected chi connectivity index (χ1v) is 13.1. The summed E-state index contributed by atoms with van der Waals surface area (Å²) in [5.74, 6) is -4.85. The van der Waals surface area contributed by atoms with E-state index in [0.29, 0.717) is 42.3 Å². The Bertz CT molecular complexity index is 1510. The van der Waals surface area contributed by atoms with E-state index >= 15 is 0 Å². The molecule has 1 aromatic heterocycles. The van der Waals surface area contributed by atoms with Crippen molar-refractivity contribution >= 4 is 35.4 Å². The zero-order valence-corrected chi connectivity index (χ0v) is 23.3. The number of rotatable bonds is 9. The quantitative estimate of drug-likeness (QED) is 0.222. The van der Waals surface area contributed by atoms with E-state index in [2.05, 4.69) is 14.7 Å². The molecule has 14 heteroatoms. The standard InChI is InChI=1S/C29H28F3N5O6/c1-17-13-23(35-28(33)34-17)42-12-6-7-18-10-11-21-20(14-18)26(40)37(16-24(38)36(21)2)22(19-8-4-3-5-9-19)15-25(39)43-27(41)29(30,31)32/h3-5,8-11,13-14,22H,6-7,12,15-16H2,1-2H3,(H2,33,34,35). The van der Waals surface area contributed by atoms with Gasteiger partial charge < -0.3 is 25.0 Å². The summed E-state index contributed by atoms with van der Waals surface area (Å²) in [4.78, 5) is 61.2. The smallest absolute Gasteiger partial charge is 0.478 e. The first-order valence-electron chi connectivity index (χ1n) is 13.1. The van der Waals surface area contributed by atoms with Crippen LogP contribution in [0.15, 0.2) is 54.6 Å². The van der Waals surface area contributed by atoms with E-state index in [1.165, 1.54) is 11.9 Å². The number of benzene rings is 2. The number of amides is 2. The van der Waals surface area contributed by atoms with E-state index in [9.17, 15) is 32.3 Å². The van der Waals surface area contributed by atoms with Crippen LogP contribution in [0.1, 0.15) is 46.1 Å². The second-order valence-electron chi connectivity index (χ2n) is 9.78. The number of anilines is 2. The highest BCUT2D eigenvalue weighted by atomic mass is 19.4. The number of fused-ring (bicyclic) bond motifs is 1. The van der Waals surface area contributed by atoms with Crippen molar-refractivity contribution in [2.24, 2.45) is 0 Å². The molecule has 4 rings (SSSR count). The second kappa shape index (κ2) is 12.9. The van der Waals surface area contributed by atoms with Crippen molar-refractivity contribution in [3.05, 3.63) is 77.0 Å². The van der Waals surface area contributed by atoms with Crippen molar-refractivity contribution < 1.29 is 41.8 Å². The van der Waals surface area contributed by atoms with Crippen molar-refractivity contribution in [1.29, 1.82) is 0 Å². The van der Waals surface area contributed by atoms with Crippen LogP contribution in [-0.2, 0) is 25.5 Å². The van der Waals surface area contributed by atoms with Gasteiger partial charge in [-0.15, -0.1) is 0 Å². The van der Waals surface area contributed by atoms with Gasteiger partial charge in [0, 0.05) is 18.8 Å². The molecule has 0 spiro atoms. The molecule has 2 heterocycles. The molecular weight excluding hydrogens is 571 g/mol. The summed E-state index contributed by atoms with van der Waals surface area (Å²) < 4.78 is 47.8. The van der Waals surface area contributed by atoms with E-state index < -0.39 is 48.9 Å². The molecule has 3 aromatic rings. The molecule has 1 unspecified atom stereocenters. The predicted molar refractivity (Wildman–Crippen MR) is 147 cm³/mol. The number of nitrogens with zero attached hydrogens (tertiary/aromatic N) is 4. The van der Waals surface area contributed by atoms with Gasteiger partial charge in [0.25, 0.3) is 5.91 Å². The second-order valence-corrected chi connectivity index (χ2v) is 9.78. The summed E-state index contributed by atoms with van der Waals surface area (Å²) in [5, 5.41) is 0. The number of aryl methyl sites for hydroxylation is 2. The van der Waals surface area contributed by atoms with Crippen LogP contribution in [-0.4, -0.2) is 65.0 Å². The zero-order chi connectivity index (χ0) is 31.3. The summed E-state index contributed by atoms with van der Waals surface area (Å²) in [6.07, 6.45) is -5.14. The molecular formula is C29H28F3N5O6. The molecule has 1 aliphatic heterocycles. The van der Waals surface area contributed by atoms with E-state index in [-0.39, 0.29) is 11.5 Å². The van der Waals surface area contributed by atoms with Gasteiger partial charge in [0.15, 0.2) is 0 Å². The molecule has 0 radical (unpaired) electrons. The van der Waals surface area contributed by atoms with Gasteiger partial charge in [-0.1, -0.05) is 36.4 Å². The third-order valence-electron chi connectivity index (χ3n) is 6.66. The summed E-state index contributed by atoms with van der Waals surface area (Å²) in [6.45, 7) is 1.57. The molecule has 43 heavy (non-hydrogen) atoms.